The van der Waals surface area contributed by atoms with Gasteiger partial charge in [-0.2, -0.15) is 30.6 Å². The molecule has 9 nitrogen and oxygen atoms in total. The standard InChI is InChI=1S/C14H21N3O2S.2C2HF3O2/c1-2-20(18,19)17-9-8-16(10-12-5-6-12)14-13(11-17)4-3-7-15-14;2*3-2(4,5)1(6)7/h3-4,7,12H,2,5-6,8-11H2,1H3;2*(H,6,7). The Kier molecular flexibility index (Phi) is 10.1. The minimum atomic E-state index is -5.08. The zero-order valence-corrected chi connectivity index (χ0v) is 18.6. The van der Waals surface area contributed by atoms with Crippen molar-refractivity contribution in [3.63, 3.8) is 0 Å². The molecule has 0 amide bonds. The molecule has 0 spiro atoms. The SMILES string of the molecule is CCS(=O)(=O)N1CCN(CC2CC2)c2ncccc2C1.O=C(O)C(F)(F)F.O=C(O)C(F)(F)F. The molecule has 1 aliphatic heterocycles. The molecular formula is C18H23F6N3O6S. The van der Waals surface area contributed by atoms with Gasteiger partial charge in [-0.3, -0.25) is 0 Å². The van der Waals surface area contributed by atoms with Crippen LogP contribution in [0.5, 0.6) is 0 Å². The molecule has 0 atom stereocenters. The molecular weight excluding hydrogens is 500 g/mol. The van der Waals surface area contributed by atoms with Gasteiger partial charge in [-0.25, -0.2) is 23.0 Å². The number of carbonyl (C=O) groups is 2. The summed E-state index contributed by atoms with van der Waals surface area (Å²) in [5, 5.41) is 14.2. The van der Waals surface area contributed by atoms with Crippen LogP contribution in [0.4, 0.5) is 32.2 Å². The number of anilines is 1. The summed E-state index contributed by atoms with van der Waals surface area (Å²) in [6.07, 6.45) is -5.80. The van der Waals surface area contributed by atoms with Crippen molar-refractivity contribution in [3.05, 3.63) is 23.9 Å². The highest BCUT2D eigenvalue weighted by Crippen LogP contribution is 2.33. The quantitative estimate of drug-likeness (QED) is 0.577. The van der Waals surface area contributed by atoms with Crippen LogP contribution in [0.25, 0.3) is 0 Å². The fourth-order valence-electron chi connectivity index (χ4n) is 2.66. The zero-order valence-electron chi connectivity index (χ0n) is 17.8. The lowest BCUT2D eigenvalue weighted by Crippen LogP contribution is -2.36. The molecule has 3 rings (SSSR count). The van der Waals surface area contributed by atoms with Crippen LogP contribution >= 0.6 is 0 Å². The number of rotatable bonds is 4. The average Bonchev–Trinajstić information content (AvgIpc) is 3.55. The molecule has 0 aromatic carbocycles. The monoisotopic (exact) mass is 523 g/mol. The van der Waals surface area contributed by atoms with Crippen molar-refractivity contribution in [1.82, 2.24) is 9.29 Å². The Bertz CT molecular complexity index is 926. The van der Waals surface area contributed by atoms with E-state index in [1.807, 2.05) is 12.1 Å². The lowest BCUT2D eigenvalue weighted by molar-refractivity contribution is -0.193. The Morgan fingerprint density at radius 1 is 1.06 bits per heavy atom. The van der Waals surface area contributed by atoms with Crippen molar-refractivity contribution in [2.45, 2.75) is 38.7 Å². The average molecular weight is 523 g/mol. The van der Waals surface area contributed by atoms with Gasteiger partial charge in [0.25, 0.3) is 0 Å². The van der Waals surface area contributed by atoms with Gasteiger partial charge in [0.1, 0.15) is 5.82 Å². The number of sulfonamides is 1. The van der Waals surface area contributed by atoms with Gasteiger partial charge in [-0.15, -0.1) is 0 Å². The minimum Gasteiger partial charge on any atom is -0.475 e. The van der Waals surface area contributed by atoms with Gasteiger partial charge in [-0.1, -0.05) is 6.07 Å². The maximum absolute atomic E-state index is 12.1. The molecule has 1 saturated carbocycles. The second-order valence-electron chi connectivity index (χ2n) is 7.22. The van der Waals surface area contributed by atoms with E-state index in [4.69, 9.17) is 19.8 Å². The number of pyridine rings is 1. The summed E-state index contributed by atoms with van der Waals surface area (Å²) in [6, 6.07) is 3.88. The predicted octanol–water partition coefficient (Wildman–Crippen LogP) is 2.73. The fourth-order valence-corrected chi connectivity index (χ4v) is 3.72. The van der Waals surface area contributed by atoms with E-state index in [1.165, 1.54) is 12.8 Å². The topological polar surface area (TPSA) is 128 Å². The van der Waals surface area contributed by atoms with Crippen LogP contribution in [0.2, 0.25) is 0 Å². The lowest BCUT2D eigenvalue weighted by atomic mass is 10.2. The smallest absolute Gasteiger partial charge is 0.475 e. The number of aliphatic carboxylic acids is 2. The van der Waals surface area contributed by atoms with Crippen molar-refractivity contribution in [2.75, 3.05) is 30.3 Å². The highest BCUT2D eigenvalue weighted by molar-refractivity contribution is 7.89. The summed E-state index contributed by atoms with van der Waals surface area (Å²) in [4.78, 5) is 24.5. The molecule has 1 aromatic rings. The Balaban J connectivity index is 0.000000343. The van der Waals surface area contributed by atoms with Crippen molar-refractivity contribution >= 4 is 27.8 Å². The van der Waals surface area contributed by atoms with Crippen LogP contribution in [0.3, 0.4) is 0 Å². The first-order valence-electron chi connectivity index (χ1n) is 9.76. The van der Waals surface area contributed by atoms with E-state index >= 15 is 0 Å². The fraction of sp³-hybridized carbons (Fsp3) is 0.611. The van der Waals surface area contributed by atoms with Crippen LogP contribution in [0.15, 0.2) is 18.3 Å². The number of carboxylic acid groups (broad SMARTS) is 2. The molecule has 194 valence electrons. The Hall–Kier alpha value is -2.62. The third-order valence-electron chi connectivity index (χ3n) is 4.55. The largest absolute Gasteiger partial charge is 0.490 e. The first-order valence-corrected chi connectivity index (χ1v) is 11.4. The zero-order chi connectivity index (χ0) is 26.3. The maximum atomic E-state index is 12.1. The van der Waals surface area contributed by atoms with E-state index < -0.39 is 34.3 Å². The Morgan fingerprint density at radius 2 is 1.56 bits per heavy atom. The highest BCUT2D eigenvalue weighted by Gasteiger charge is 2.39. The molecule has 2 heterocycles. The van der Waals surface area contributed by atoms with E-state index in [9.17, 15) is 34.8 Å². The third-order valence-corrected chi connectivity index (χ3v) is 6.38. The molecule has 0 saturated heterocycles. The molecule has 16 heteroatoms. The molecule has 1 aliphatic carbocycles. The second-order valence-corrected chi connectivity index (χ2v) is 9.47. The van der Waals surface area contributed by atoms with Gasteiger partial charge in [0.2, 0.25) is 10.0 Å². The van der Waals surface area contributed by atoms with E-state index in [0.717, 1.165) is 30.4 Å². The van der Waals surface area contributed by atoms with E-state index in [-0.39, 0.29) is 5.75 Å². The molecule has 34 heavy (non-hydrogen) atoms. The number of hydrogen-bond acceptors (Lipinski definition) is 6. The molecule has 0 unspecified atom stereocenters. The number of carboxylic acids is 2. The lowest BCUT2D eigenvalue weighted by Gasteiger charge is -2.23. The van der Waals surface area contributed by atoms with Gasteiger partial charge in [0.05, 0.1) is 5.75 Å². The first-order chi connectivity index (χ1) is 15.5. The van der Waals surface area contributed by atoms with E-state index in [2.05, 4.69) is 9.88 Å². The molecule has 2 N–H and O–H groups in total. The predicted molar refractivity (Wildman–Crippen MR) is 106 cm³/mol. The molecule has 0 bridgehead atoms. The van der Waals surface area contributed by atoms with Gasteiger partial charge in [-0.05, 0) is 31.7 Å². The van der Waals surface area contributed by atoms with Gasteiger partial charge in [0, 0.05) is 37.9 Å². The number of aromatic nitrogens is 1. The highest BCUT2D eigenvalue weighted by atomic mass is 32.2. The second kappa shape index (κ2) is 11.7. The normalized spacial score (nSPS) is 16.7. The number of hydrogen-bond donors (Lipinski definition) is 2. The number of nitrogens with zero attached hydrogens (tertiary/aromatic N) is 3. The van der Waals surface area contributed by atoms with Gasteiger partial charge >= 0.3 is 24.3 Å². The van der Waals surface area contributed by atoms with Crippen molar-refractivity contribution in [1.29, 1.82) is 0 Å². The van der Waals surface area contributed by atoms with Crippen LogP contribution < -0.4 is 4.90 Å². The first kappa shape index (κ1) is 29.4. The third kappa shape index (κ3) is 9.70. The van der Waals surface area contributed by atoms with Crippen molar-refractivity contribution in [3.8, 4) is 0 Å². The summed E-state index contributed by atoms with van der Waals surface area (Å²) in [7, 11) is -3.14. The summed E-state index contributed by atoms with van der Waals surface area (Å²) in [6.45, 7) is 4.44. The van der Waals surface area contributed by atoms with E-state index in [0.29, 0.717) is 13.1 Å². The number of alkyl halides is 6. The van der Waals surface area contributed by atoms with Crippen LogP contribution in [-0.4, -0.2) is 77.6 Å². The summed E-state index contributed by atoms with van der Waals surface area (Å²) >= 11 is 0. The van der Waals surface area contributed by atoms with Crippen LogP contribution in [0.1, 0.15) is 25.3 Å². The molecule has 0 radical (unpaired) electrons. The number of fused-ring (bicyclic) bond motifs is 1. The molecule has 2 aliphatic rings. The molecule has 1 aromatic heterocycles. The Morgan fingerprint density at radius 3 is 1.97 bits per heavy atom. The van der Waals surface area contributed by atoms with Gasteiger partial charge < -0.3 is 15.1 Å². The molecule has 1 fully saturated rings. The summed E-state index contributed by atoms with van der Waals surface area (Å²) in [5.41, 5.74) is 1.02. The van der Waals surface area contributed by atoms with Crippen LogP contribution in [0, 0.1) is 5.92 Å². The maximum Gasteiger partial charge on any atom is 0.490 e. The van der Waals surface area contributed by atoms with Crippen molar-refractivity contribution in [2.24, 2.45) is 5.92 Å². The van der Waals surface area contributed by atoms with Gasteiger partial charge in [0.15, 0.2) is 0 Å². The Labute approximate surface area is 191 Å². The van der Waals surface area contributed by atoms with Crippen molar-refractivity contribution < 1.29 is 54.6 Å². The minimum absolute atomic E-state index is 0.158. The van der Waals surface area contributed by atoms with E-state index in [1.54, 1.807) is 17.4 Å². The summed E-state index contributed by atoms with van der Waals surface area (Å²) in [5.74, 6) is -3.63. The number of halogens is 6. The summed E-state index contributed by atoms with van der Waals surface area (Å²) < 4.78 is 89.4. The van der Waals surface area contributed by atoms with Crippen LogP contribution in [-0.2, 0) is 26.2 Å².